The highest BCUT2D eigenvalue weighted by Crippen LogP contribution is 2.34. The van der Waals surface area contributed by atoms with Gasteiger partial charge in [0.2, 0.25) is 5.91 Å². The molecule has 2 aromatic carbocycles. The molecule has 1 aliphatic carbocycles. The van der Waals surface area contributed by atoms with Crippen molar-refractivity contribution in [1.82, 2.24) is 10.2 Å². The summed E-state index contributed by atoms with van der Waals surface area (Å²) in [5, 5.41) is 2.86. The van der Waals surface area contributed by atoms with Crippen molar-refractivity contribution in [2.45, 2.75) is 24.9 Å². The van der Waals surface area contributed by atoms with E-state index in [2.05, 4.69) is 11.9 Å². The highest BCUT2D eigenvalue weighted by atomic mass is 19.1. The van der Waals surface area contributed by atoms with Crippen molar-refractivity contribution in [3.8, 4) is 11.1 Å². The molecule has 0 unspecified atom stereocenters. The monoisotopic (exact) mass is 422 g/mol. The Balaban J connectivity index is 1.67. The van der Waals surface area contributed by atoms with E-state index in [1.54, 1.807) is 23.1 Å². The summed E-state index contributed by atoms with van der Waals surface area (Å²) in [6, 6.07) is 14.0. The third-order valence-corrected chi connectivity index (χ3v) is 5.89. The van der Waals surface area contributed by atoms with Crippen LogP contribution in [0.3, 0.4) is 0 Å². The minimum atomic E-state index is -1.19. The number of hydrogen-bond donors (Lipinski definition) is 1. The molecule has 2 aliphatic rings. The number of carbonyl (C=O) groups excluding carboxylic acids is 2. The molecule has 0 bridgehead atoms. The van der Waals surface area contributed by atoms with Crippen molar-refractivity contribution in [1.29, 1.82) is 0 Å². The van der Waals surface area contributed by atoms with Crippen LogP contribution in [-0.2, 0) is 20.7 Å². The van der Waals surface area contributed by atoms with E-state index in [1.165, 1.54) is 12.1 Å². The lowest BCUT2D eigenvalue weighted by Crippen LogP contribution is -2.62. The molecule has 1 atom stereocenters. The van der Waals surface area contributed by atoms with Crippen LogP contribution in [0, 0.1) is 11.7 Å². The van der Waals surface area contributed by atoms with Gasteiger partial charge >= 0.3 is 0 Å². The van der Waals surface area contributed by atoms with Crippen LogP contribution in [0.4, 0.5) is 4.39 Å². The number of ether oxygens (including phenoxy) is 1. The lowest BCUT2D eigenvalue weighted by Gasteiger charge is -2.42. The largest absolute Gasteiger partial charge is 0.361 e. The Bertz CT molecular complexity index is 971. The van der Waals surface area contributed by atoms with Crippen LogP contribution in [0.1, 0.15) is 18.4 Å². The van der Waals surface area contributed by atoms with E-state index in [-0.39, 0.29) is 30.1 Å². The molecule has 2 fully saturated rings. The first kappa shape index (κ1) is 21.2. The molecular formula is C25H27FN2O3. The standard InChI is InChI=1S/C25H27FN2O3/c1-2-13-27-24(30)25(17-28(14-15-31-25)23(29)19-7-8-19)16-20-5-3-4-6-22(20)18-9-11-21(26)12-10-18/h2-6,9-12,19H,1,7-8,13-17H2,(H,27,30)/t25-/m0/s1. The van der Waals surface area contributed by atoms with Gasteiger partial charge in [-0.3, -0.25) is 9.59 Å². The van der Waals surface area contributed by atoms with Crippen molar-refractivity contribution in [3.05, 3.63) is 72.6 Å². The highest BCUT2D eigenvalue weighted by molar-refractivity contribution is 5.88. The van der Waals surface area contributed by atoms with Gasteiger partial charge in [-0.1, -0.05) is 42.5 Å². The molecule has 0 spiro atoms. The molecule has 2 aromatic rings. The van der Waals surface area contributed by atoms with E-state index >= 15 is 0 Å². The lowest BCUT2D eigenvalue weighted by molar-refractivity contribution is -0.166. The normalized spacial score (nSPS) is 20.9. The van der Waals surface area contributed by atoms with Crippen molar-refractivity contribution in [2.75, 3.05) is 26.2 Å². The van der Waals surface area contributed by atoms with Crippen molar-refractivity contribution >= 4 is 11.8 Å². The Morgan fingerprint density at radius 3 is 2.65 bits per heavy atom. The second kappa shape index (κ2) is 9.02. The number of amides is 2. The number of rotatable bonds is 7. The van der Waals surface area contributed by atoms with Gasteiger partial charge in [-0.25, -0.2) is 4.39 Å². The topological polar surface area (TPSA) is 58.6 Å². The van der Waals surface area contributed by atoms with Crippen molar-refractivity contribution < 1.29 is 18.7 Å². The molecule has 1 aliphatic heterocycles. The Labute approximate surface area is 181 Å². The smallest absolute Gasteiger partial charge is 0.254 e. The number of carbonyl (C=O) groups is 2. The third kappa shape index (κ3) is 4.69. The Hall–Kier alpha value is -2.99. The Morgan fingerprint density at radius 1 is 1.19 bits per heavy atom. The first-order chi connectivity index (χ1) is 15.0. The van der Waals surface area contributed by atoms with Gasteiger partial charge in [0.1, 0.15) is 5.82 Å². The Kier molecular flexibility index (Phi) is 6.18. The third-order valence-electron chi connectivity index (χ3n) is 5.89. The fourth-order valence-corrected chi connectivity index (χ4v) is 4.10. The molecular weight excluding hydrogens is 395 g/mol. The van der Waals surface area contributed by atoms with Gasteiger partial charge in [0, 0.05) is 25.4 Å². The zero-order chi connectivity index (χ0) is 21.8. The van der Waals surface area contributed by atoms with Gasteiger partial charge in [0.15, 0.2) is 5.60 Å². The maximum Gasteiger partial charge on any atom is 0.254 e. The second-order valence-electron chi connectivity index (χ2n) is 8.22. The summed E-state index contributed by atoms with van der Waals surface area (Å²) in [7, 11) is 0. The highest BCUT2D eigenvalue weighted by Gasteiger charge is 2.47. The van der Waals surface area contributed by atoms with Gasteiger partial charge in [-0.2, -0.15) is 0 Å². The van der Waals surface area contributed by atoms with E-state index < -0.39 is 5.60 Å². The molecule has 6 heteroatoms. The number of halogens is 1. The quantitative estimate of drug-likeness (QED) is 0.697. The summed E-state index contributed by atoms with van der Waals surface area (Å²) in [5.41, 5.74) is 1.48. The zero-order valence-corrected chi connectivity index (χ0v) is 17.5. The van der Waals surface area contributed by atoms with Crippen LogP contribution in [-0.4, -0.2) is 48.6 Å². The fourth-order valence-electron chi connectivity index (χ4n) is 4.10. The molecule has 0 radical (unpaired) electrons. The Morgan fingerprint density at radius 2 is 1.94 bits per heavy atom. The first-order valence-corrected chi connectivity index (χ1v) is 10.7. The second-order valence-corrected chi connectivity index (χ2v) is 8.22. The molecule has 5 nitrogen and oxygen atoms in total. The molecule has 4 rings (SSSR count). The van der Waals surface area contributed by atoms with Crippen molar-refractivity contribution in [2.24, 2.45) is 5.92 Å². The summed E-state index contributed by atoms with van der Waals surface area (Å²) in [6.07, 6.45) is 3.75. The van der Waals surface area contributed by atoms with Crippen molar-refractivity contribution in [3.63, 3.8) is 0 Å². The van der Waals surface area contributed by atoms with Gasteiger partial charge < -0.3 is 15.0 Å². The van der Waals surface area contributed by atoms with Gasteiger partial charge in [0.05, 0.1) is 13.2 Å². The predicted molar refractivity (Wildman–Crippen MR) is 117 cm³/mol. The maximum absolute atomic E-state index is 13.4. The number of hydrogen-bond acceptors (Lipinski definition) is 3. The molecule has 1 heterocycles. The number of nitrogens with zero attached hydrogens (tertiary/aromatic N) is 1. The molecule has 1 saturated heterocycles. The van der Waals surface area contributed by atoms with Crippen LogP contribution in [0.2, 0.25) is 0 Å². The van der Waals surface area contributed by atoms with E-state index in [0.29, 0.717) is 26.1 Å². The summed E-state index contributed by atoms with van der Waals surface area (Å²) < 4.78 is 19.6. The average Bonchev–Trinajstić information content (AvgIpc) is 3.63. The number of morpholine rings is 1. The minimum Gasteiger partial charge on any atom is -0.361 e. The average molecular weight is 423 g/mol. The van der Waals surface area contributed by atoms with E-state index in [4.69, 9.17) is 4.74 Å². The van der Waals surface area contributed by atoms with Gasteiger partial charge in [0.25, 0.3) is 5.91 Å². The minimum absolute atomic E-state index is 0.0820. The maximum atomic E-state index is 13.4. The molecule has 1 saturated carbocycles. The lowest BCUT2D eigenvalue weighted by atomic mass is 9.87. The zero-order valence-electron chi connectivity index (χ0n) is 17.5. The molecule has 162 valence electrons. The first-order valence-electron chi connectivity index (χ1n) is 10.7. The summed E-state index contributed by atoms with van der Waals surface area (Å²) >= 11 is 0. The number of nitrogens with one attached hydrogen (secondary N) is 1. The fraction of sp³-hybridized carbons (Fsp3) is 0.360. The van der Waals surface area contributed by atoms with E-state index in [9.17, 15) is 14.0 Å². The molecule has 0 aromatic heterocycles. The summed E-state index contributed by atoms with van der Waals surface area (Å²) in [6.45, 7) is 5.00. The SMILES string of the molecule is C=CCNC(=O)[C@]1(Cc2ccccc2-c2ccc(F)cc2)CN(C(=O)C2CC2)CCO1. The molecule has 31 heavy (non-hydrogen) atoms. The predicted octanol–water partition coefficient (Wildman–Crippen LogP) is 3.35. The molecule has 1 N–H and O–H groups in total. The van der Waals surface area contributed by atoms with Crippen LogP contribution in [0.5, 0.6) is 0 Å². The van der Waals surface area contributed by atoms with E-state index in [1.807, 2.05) is 24.3 Å². The van der Waals surface area contributed by atoms with Gasteiger partial charge in [-0.05, 0) is 41.7 Å². The van der Waals surface area contributed by atoms with Crippen LogP contribution >= 0.6 is 0 Å². The summed E-state index contributed by atoms with van der Waals surface area (Å²) in [5.74, 6) is -0.365. The van der Waals surface area contributed by atoms with Crippen LogP contribution in [0.15, 0.2) is 61.2 Å². The molecule has 2 amide bonds. The van der Waals surface area contributed by atoms with Crippen LogP contribution in [0.25, 0.3) is 11.1 Å². The van der Waals surface area contributed by atoms with E-state index in [0.717, 1.165) is 29.5 Å². The van der Waals surface area contributed by atoms with Crippen LogP contribution < -0.4 is 5.32 Å². The summed E-state index contributed by atoms with van der Waals surface area (Å²) in [4.78, 5) is 27.8. The van der Waals surface area contributed by atoms with Gasteiger partial charge in [-0.15, -0.1) is 6.58 Å². The number of benzene rings is 2.